The number of hydrogen-bond acceptors (Lipinski definition) is 4. The molecule has 0 aliphatic heterocycles. The Morgan fingerprint density at radius 1 is 1.07 bits per heavy atom. The molecule has 1 aromatic rings. The average Bonchev–Trinajstić information content (AvgIpc) is 1.99. The van der Waals surface area contributed by atoms with E-state index in [1.807, 2.05) is 0 Å². The minimum absolute atomic E-state index is 0. The molecule has 0 aliphatic rings. The van der Waals surface area contributed by atoms with E-state index in [4.69, 9.17) is 20.4 Å². The number of aromatic hydroxyl groups is 3. The SMILES string of the molecule is O=C(O)c1cc(O)c(O)c(O)c1.[GaH3].[Ti]. The van der Waals surface area contributed by atoms with Crippen molar-refractivity contribution in [2.45, 2.75) is 0 Å². The molecule has 0 saturated carbocycles. The van der Waals surface area contributed by atoms with Gasteiger partial charge in [0.2, 0.25) is 0 Å². The molecule has 0 spiro atoms. The Kier molecular flexibility index (Phi) is 6.84. The first kappa shape index (κ1) is 15.9. The molecule has 0 amide bonds. The molecule has 0 aromatic heterocycles. The number of phenols is 3. The van der Waals surface area contributed by atoms with Crippen molar-refractivity contribution in [2.75, 3.05) is 0 Å². The number of rotatable bonds is 1. The van der Waals surface area contributed by atoms with E-state index in [1.54, 1.807) is 0 Å². The van der Waals surface area contributed by atoms with Crippen LogP contribution in [-0.2, 0) is 21.7 Å². The number of phenolic OH excluding ortho intramolecular Hbond substituents is 3. The summed E-state index contributed by atoms with van der Waals surface area (Å²) in [6, 6.07) is 1.69. The van der Waals surface area contributed by atoms with Crippen molar-refractivity contribution in [2.24, 2.45) is 0 Å². The van der Waals surface area contributed by atoms with E-state index in [0.29, 0.717) is 0 Å². The van der Waals surface area contributed by atoms with Gasteiger partial charge in [0.1, 0.15) is 0 Å². The Morgan fingerprint density at radius 3 is 1.71 bits per heavy atom. The van der Waals surface area contributed by atoms with Crippen LogP contribution in [0, 0.1) is 0 Å². The van der Waals surface area contributed by atoms with Crippen LogP contribution in [0.2, 0.25) is 0 Å². The second kappa shape index (κ2) is 6.02. The Bertz CT molecular complexity index is 318. The van der Waals surface area contributed by atoms with E-state index in [9.17, 15) is 4.79 Å². The van der Waals surface area contributed by atoms with Crippen LogP contribution in [0.25, 0.3) is 0 Å². The first-order chi connectivity index (χ1) is 5.52. The van der Waals surface area contributed by atoms with Crippen LogP contribution >= 0.6 is 0 Å². The molecule has 74 valence electrons. The van der Waals surface area contributed by atoms with Gasteiger partial charge in [-0.2, -0.15) is 0 Å². The summed E-state index contributed by atoms with van der Waals surface area (Å²) in [4.78, 5) is 10.3. The van der Waals surface area contributed by atoms with Crippen molar-refractivity contribution in [3.8, 4) is 17.2 Å². The zero-order valence-corrected chi connectivity index (χ0v) is 7.91. The summed E-state index contributed by atoms with van der Waals surface area (Å²) in [5, 5.41) is 35.0. The molecule has 14 heavy (non-hydrogen) atoms. The third kappa shape index (κ3) is 3.30. The predicted molar refractivity (Wildman–Crippen MR) is 48.3 cm³/mol. The molecule has 0 heterocycles. The fourth-order valence-corrected chi connectivity index (χ4v) is 0.728. The van der Waals surface area contributed by atoms with Gasteiger partial charge >= 0.3 is 25.8 Å². The van der Waals surface area contributed by atoms with Crippen molar-refractivity contribution in [3.63, 3.8) is 0 Å². The molecule has 5 nitrogen and oxygen atoms in total. The maximum Gasteiger partial charge on any atom is 0 e. The molecule has 0 atom stereocenters. The molecule has 0 radical (unpaired) electrons. The maximum atomic E-state index is 10.3. The molecule has 0 aliphatic carbocycles. The smallest absolute Gasteiger partial charge is 0 e. The summed E-state index contributed by atoms with van der Waals surface area (Å²) < 4.78 is 0. The Balaban J connectivity index is 0. The Hall–Kier alpha value is -0.559. The predicted octanol–water partition coefficient (Wildman–Crippen LogP) is -0.685. The standard InChI is InChI=1S/C7H6O5.Ga.Ti.3H/c8-4-1-3(7(11)12)2-5(9)6(4)10;;;;;/h1-2,8-10H,(H,11,12);;;;;. The molecule has 1 rings (SSSR count). The van der Waals surface area contributed by atoms with E-state index < -0.39 is 23.2 Å². The van der Waals surface area contributed by atoms with Gasteiger partial charge in [0.05, 0.1) is 5.56 Å². The van der Waals surface area contributed by atoms with Gasteiger partial charge in [-0.25, -0.2) is 4.79 Å². The topological polar surface area (TPSA) is 98.0 Å². The number of benzene rings is 1. The molecular weight excluding hydrogens is 282 g/mol. The molecule has 7 heteroatoms. The number of aromatic carboxylic acids is 1. The van der Waals surface area contributed by atoms with Gasteiger partial charge in [0.25, 0.3) is 0 Å². The maximum absolute atomic E-state index is 10.3. The van der Waals surface area contributed by atoms with Crippen molar-refractivity contribution in [1.29, 1.82) is 0 Å². The Labute approximate surface area is 107 Å². The summed E-state index contributed by atoms with van der Waals surface area (Å²) in [7, 11) is 0. The second-order valence-electron chi connectivity index (χ2n) is 2.17. The third-order valence-electron chi connectivity index (χ3n) is 1.32. The molecule has 0 fully saturated rings. The molecule has 0 bridgehead atoms. The van der Waals surface area contributed by atoms with Crippen LogP contribution in [0.5, 0.6) is 17.2 Å². The van der Waals surface area contributed by atoms with E-state index >= 15 is 0 Å². The summed E-state index contributed by atoms with van der Waals surface area (Å²) in [5.41, 5.74) is -0.289. The van der Waals surface area contributed by atoms with Crippen LogP contribution in [0.4, 0.5) is 0 Å². The van der Waals surface area contributed by atoms with Crippen molar-refractivity contribution >= 4 is 25.8 Å². The fourth-order valence-electron chi connectivity index (χ4n) is 0.728. The average molecular weight is 291 g/mol. The number of carbonyl (C=O) groups is 1. The van der Waals surface area contributed by atoms with Crippen molar-refractivity contribution in [1.82, 2.24) is 0 Å². The second-order valence-corrected chi connectivity index (χ2v) is 2.17. The summed E-state index contributed by atoms with van der Waals surface area (Å²) in [6.07, 6.45) is 0. The quantitative estimate of drug-likeness (QED) is 0.406. The zero-order valence-electron chi connectivity index (χ0n) is 6.35. The monoisotopic (exact) mass is 290 g/mol. The van der Waals surface area contributed by atoms with Gasteiger partial charge in [-0.05, 0) is 12.1 Å². The molecule has 1 aromatic carbocycles. The molecular formula is C7H9GaO5Ti. The van der Waals surface area contributed by atoms with Crippen LogP contribution in [0.3, 0.4) is 0 Å². The van der Waals surface area contributed by atoms with E-state index in [-0.39, 0.29) is 47.1 Å². The van der Waals surface area contributed by atoms with Gasteiger partial charge in [-0.15, -0.1) is 0 Å². The van der Waals surface area contributed by atoms with Crippen molar-refractivity contribution < 1.29 is 46.9 Å². The summed E-state index contributed by atoms with van der Waals surface area (Å²) in [5.74, 6) is -3.33. The normalized spacial score (nSPS) is 8.29. The largest absolute Gasteiger partial charge is 0 e. The van der Waals surface area contributed by atoms with Crippen LogP contribution < -0.4 is 0 Å². The van der Waals surface area contributed by atoms with Gasteiger partial charge < -0.3 is 20.4 Å². The van der Waals surface area contributed by atoms with E-state index in [1.165, 1.54) is 0 Å². The number of carboxylic acids is 1. The molecule has 0 saturated heterocycles. The fraction of sp³-hybridized carbons (Fsp3) is 0. The minimum atomic E-state index is -1.29. The van der Waals surface area contributed by atoms with Gasteiger partial charge in [0.15, 0.2) is 17.2 Å². The number of hydrogen-bond donors (Lipinski definition) is 4. The van der Waals surface area contributed by atoms with E-state index in [2.05, 4.69) is 0 Å². The van der Waals surface area contributed by atoms with Crippen molar-refractivity contribution in [3.05, 3.63) is 17.7 Å². The zero-order chi connectivity index (χ0) is 9.30. The summed E-state index contributed by atoms with van der Waals surface area (Å²) >= 11 is 0. The Morgan fingerprint density at radius 2 is 1.43 bits per heavy atom. The van der Waals surface area contributed by atoms with Gasteiger partial charge in [-0.3, -0.25) is 0 Å². The van der Waals surface area contributed by atoms with Crippen LogP contribution in [-0.4, -0.2) is 46.2 Å². The molecule has 0 unspecified atom stereocenters. The summed E-state index contributed by atoms with van der Waals surface area (Å²) in [6.45, 7) is 0. The third-order valence-corrected chi connectivity index (χ3v) is 1.32. The minimum Gasteiger partial charge on any atom is 0 e. The first-order valence-electron chi connectivity index (χ1n) is 3.00. The molecule has 4 N–H and O–H groups in total. The van der Waals surface area contributed by atoms with Crippen LogP contribution in [0.1, 0.15) is 10.4 Å². The van der Waals surface area contributed by atoms with E-state index in [0.717, 1.165) is 12.1 Å². The van der Waals surface area contributed by atoms with Crippen LogP contribution in [0.15, 0.2) is 12.1 Å². The number of carboxylic acid groups (broad SMARTS) is 1. The van der Waals surface area contributed by atoms with Gasteiger partial charge in [0, 0.05) is 21.7 Å². The first-order valence-corrected chi connectivity index (χ1v) is 3.00. The van der Waals surface area contributed by atoms with Gasteiger partial charge in [-0.1, -0.05) is 0 Å².